The SMILES string of the molecule is [C-]#[N+]/C=C(\C)O. The van der Waals surface area contributed by atoms with Gasteiger partial charge in [0.15, 0.2) is 6.20 Å². The second-order valence-corrected chi connectivity index (χ2v) is 0.900. The molecule has 0 fully saturated rings. The second kappa shape index (κ2) is 2.28. The topological polar surface area (TPSA) is 24.6 Å². The molecular formula is C4H5NO. The van der Waals surface area contributed by atoms with Gasteiger partial charge >= 0.3 is 0 Å². The van der Waals surface area contributed by atoms with Crippen LogP contribution in [0.3, 0.4) is 0 Å². The first-order valence-electron chi connectivity index (χ1n) is 1.49. The lowest BCUT2D eigenvalue weighted by Crippen LogP contribution is -1.60. The molecule has 0 saturated carbocycles. The molecule has 0 atom stereocenters. The van der Waals surface area contributed by atoms with E-state index in [1.165, 1.54) is 6.92 Å². The minimum Gasteiger partial charge on any atom is -0.524 e. The molecule has 0 unspecified atom stereocenters. The molecule has 0 aromatic heterocycles. The van der Waals surface area contributed by atoms with Gasteiger partial charge in [0.25, 0.3) is 0 Å². The summed E-state index contributed by atoms with van der Waals surface area (Å²) in [5.74, 6) is 0.0602. The molecular weight excluding hydrogens is 78.0 g/mol. The maximum atomic E-state index is 8.20. The summed E-state index contributed by atoms with van der Waals surface area (Å²) in [5.41, 5.74) is 0. The summed E-state index contributed by atoms with van der Waals surface area (Å²) < 4.78 is 0. The molecule has 0 amide bonds. The van der Waals surface area contributed by atoms with E-state index in [0.717, 1.165) is 6.20 Å². The average molecular weight is 83.1 g/mol. The molecule has 0 aliphatic rings. The van der Waals surface area contributed by atoms with Crippen molar-refractivity contribution in [2.24, 2.45) is 0 Å². The summed E-state index contributed by atoms with van der Waals surface area (Å²) in [6, 6.07) is 0. The van der Waals surface area contributed by atoms with Crippen molar-refractivity contribution < 1.29 is 5.11 Å². The first kappa shape index (κ1) is 5.03. The van der Waals surface area contributed by atoms with Crippen LogP contribution in [0.5, 0.6) is 0 Å². The number of aliphatic hydroxyl groups excluding tert-OH is 1. The Bertz CT molecular complexity index is 94.6. The monoisotopic (exact) mass is 83.0 g/mol. The highest BCUT2D eigenvalue weighted by Crippen LogP contribution is 1.80. The van der Waals surface area contributed by atoms with Crippen LogP contribution in [0.25, 0.3) is 4.85 Å². The third kappa shape index (κ3) is 3.03. The molecule has 0 spiro atoms. The highest BCUT2D eigenvalue weighted by Gasteiger charge is 1.68. The molecule has 1 N–H and O–H groups in total. The standard InChI is InChI=1S/C4H5NO/c1-4(6)3-5-2/h3,6H,1H3/b4-3+. The van der Waals surface area contributed by atoms with Crippen molar-refractivity contribution in [3.63, 3.8) is 0 Å². The largest absolute Gasteiger partial charge is 0.524 e. The lowest BCUT2D eigenvalue weighted by molar-refractivity contribution is 0.414. The third-order valence-electron chi connectivity index (χ3n) is 0.251. The molecule has 2 nitrogen and oxygen atoms in total. The van der Waals surface area contributed by atoms with Gasteiger partial charge in [-0.2, -0.15) is 0 Å². The van der Waals surface area contributed by atoms with E-state index in [-0.39, 0.29) is 5.76 Å². The van der Waals surface area contributed by atoms with Crippen molar-refractivity contribution in [1.82, 2.24) is 0 Å². The minimum absolute atomic E-state index is 0.0602. The molecule has 0 aliphatic heterocycles. The normalized spacial score (nSPS) is 10.3. The summed E-state index contributed by atoms with van der Waals surface area (Å²) in [4.78, 5) is 2.77. The van der Waals surface area contributed by atoms with Crippen LogP contribution in [0.2, 0.25) is 0 Å². The predicted molar refractivity (Wildman–Crippen MR) is 23.0 cm³/mol. The lowest BCUT2D eigenvalue weighted by atomic mass is 10.6. The fourth-order valence-corrected chi connectivity index (χ4v) is 0.0934. The summed E-state index contributed by atoms with van der Waals surface area (Å²) in [6.07, 6.45) is 1.06. The van der Waals surface area contributed by atoms with Crippen molar-refractivity contribution in [2.75, 3.05) is 0 Å². The van der Waals surface area contributed by atoms with Gasteiger partial charge in [-0.15, -0.1) is 0 Å². The van der Waals surface area contributed by atoms with E-state index in [1.807, 2.05) is 0 Å². The maximum Gasteiger partial charge on any atom is 0.190 e. The number of rotatable bonds is 0. The van der Waals surface area contributed by atoms with E-state index in [1.54, 1.807) is 0 Å². The average Bonchev–Trinajstić information content (AvgIpc) is 1.35. The van der Waals surface area contributed by atoms with E-state index in [4.69, 9.17) is 11.7 Å². The van der Waals surface area contributed by atoms with Crippen LogP contribution in [0.4, 0.5) is 0 Å². The molecule has 0 rings (SSSR count). The molecule has 0 aliphatic carbocycles. The zero-order valence-electron chi connectivity index (χ0n) is 3.47. The van der Waals surface area contributed by atoms with Gasteiger partial charge in [-0.25, -0.2) is 4.85 Å². The highest BCUT2D eigenvalue weighted by atomic mass is 16.3. The Morgan fingerprint density at radius 1 is 2.00 bits per heavy atom. The van der Waals surface area contributed by atoms with Gasteiger partial charge in [0, 0.05) is 0 Å². The Morgan fingerprint density at radius 3 is 2.50 bits per heavy atom. The Labute approximate surface area is 36.5 Å². The first-order valence-corrected chi connectivity index (χ1v) is 1.49. The van der Waals surface area contributed by atoms with Crippen molar-refractivity contribution in [1.29, 1.82) is 0 Å². The number of hydrogen-bond acceptors (Lipinski definition) is 1. The Balaban J connectivity index is 3.51. The third-order valence-corrected chi connectivity index (χ3v) is 0.251. The van der Waals surface area contributed by atoms with Gasteiger partial charge in [0.05, 0.1) is 12.3 Å². The van der Waals surface area contributed by atoms with Crippen molar-refractivity contribution in [2.45, 2.75) is 6.92 Å². The number of allylic oxidation sites excluding steroid dienone is 1. The molecule has 0 heterocycles. The Hall–Kier alpha value is -0.970. The summed E-state index contributed by atoms with van der Waals surface area (Å²) in [6.45, 7) is 7.58. The fourth-order valence-electron chi connectivity index (χ4n) is 0.0934. The molecule has 0 bridgehead atoms. The van der Waals surface area contributed by atoms with Gasteiger partial charge in [-0.3, -0.25) is 0 Å². The van der Waals surface area contributed by atoms with E-state index < -0.39 is 0 Å². The molecule has 0 aromatic carbocycles. The van der Waals surface area contributed by atoms with Gasteiger partial charge < -0.3 is 5.11 Å². The minimum atomic E-state index is 0.0602. The summed E-state index contributed by atoms with van der Waals surface area (Å²) in [5, 5.41) is 8.20. The molecule has 0 aromatic rings. The Morgan fingerprint density at radius 2 is 2.50 bits per heavy atom. The van der Waals surface area contributed by atoms with E-state index >= 15 is 0 Å². The summed E-state index contributed by atoms with van der Waals surface area (Å²) >= 11 is 0. The van der Waals surface area contributed by atoms with Gasteiger partial charge in [-0.05, 0) is 6.92 Å². The molecule has 6 heavy (non-hydrogen) atoms. The quantitative estimate of drug-likeness (QED) is 0.346. The van der Waals surface area contributed by atoms with Gasteiger partial charge in [0.1, 0.15) is 0 Å². The number of aliphatic hydroxyl groups is 1. The van der Waals surface area contributed by atoms with Gasteiger partial charge in [0.2, 0.25) is 0 Å². The zero-order valence-corrected chi connectivity index (χ0v) is 3.47. The van der Waals surface area contributed by atoms with Crippen LogP contribution >= 0.6 is 0 Å². The van der Waals surface area contributed by atoms with Gasteiger partial charge in [-0.1, -0.05) is 0 Å². The molecule has 0 saturated heterocycles. The van der Waals surface area contributed by atoms with Crippen LogP contribution < -0.4 is 0 Å². The second-order valence-electron chi connectivity index (χ2n) is 0.900. The van der Waals surface area contributed by atoms with Crippen LogP contribution in [0.15, 0.2) is 12.0 Å². The van der Waals surface area contributed by atoms with Crippen LogP contribution in [0, 0.1) is 6.57 Å². The number of hydrogen-bond donors (Lipinski definition) is 1. The highest BCUT2D eigenvalue weighted by molar-refractivity contribution is 4.92. The van der Waals surface area contributed by atoms with Crippen molar-refractivity contribution in [3.8, 4) is 0 Å². The molecule has 0 radical (unpaired) electrons. The maximum absolute atomic E-state index is 8.20. The molecule has 32 valence electrons. The van der Waals surface area contributed by atoms with E-state index in [0.29, 0.717) is 0 Å². The lowest BCUT2D eigenvalue weighted by Gasteiger charge is -1.74. The number of nitrogens with zero attached hydrogens (tertiary/aromatic N) is 1. The Kier molecular flexibility index (Phi) is 1.91. The van der Waals surface area contributed by atoms with E-state index in [2.05, 4.69) is 4.85 Å². The van der Waals surface area contributed by atoms with Crippen LogP contribution in [-0.2, 0) is 0 Å². The zero-order chi connectivity index (χ0) is 4.99. The predicted octanol–water partition coefficient (Wildman–Crippen LogP) is 1.32. The first-order chi connectivity index (χ1) is 2.77. The molecule has 2 heteroatoms. The van der Waals surface area contributed by atoms with Crippen molar-refractivity contribution >= 4 is 0 Å². The van der Waals surface area contributed by atoms with Crippen LogP contribution in [-0.4, -0.2) is 5.11 Å². The van der Waals surface area contributed by atoms with E-state index in [9.17, 15) is 0 Å². The van der Waals surface area contributed by atoms with Crippen molar-refractivity contribution in [3.05, 3.63) is 23.4 Å². The van der Waals surface area contributed by atoms with Crippen LogP contribution in [0.1, 0.15) is 6.92 Å². The summed E-state index contributed by atoms with van der Waals surface area (Å²) in [7, 11) is 0. The smallest absolute Gasteiger partial charge is 0.190 e. The fraction of sp³-hybridized carbons (Fsp3) is 0.250.